The molecule has 1 N–H and O–H groups in total. The van der Waals surface area contributed by atoms with E-state index >= 15 is 0 Å². The fourth-order valence-electron chi connectivity index (χ4n) is 5.11. The van der Waals surface area contributed by atoms with Crippen LogP contribution in [-0.4, -0.2) is 19.1 Å². The van der Waals surface area contributed by atoms with E-state index in [0.29, 0.717) is 24.3 Å². The molecule has 3 heteroatoms. The van der Waals surface area contributed by atoms with Crippen LogP contribution in [0.1, 0.15) is 46.1 Å². The monoisotopic (exact) mass is 383 g/mol. The third-order valence-electron chi connectivity index (χ3n) is 6.34. The zero-order valence-electron chi connectivity index (χ0n) is 16.6. The van der Waals surface area contributed by atoms with Gasteiger partial charge >= 0.3 is 0 Å². The number of ether oxygens (including phenoxy) is 1. The topological polar surface area (TPSA) is 38.3 Å². The van der Waals surface area contributed by atoms with Crippen molar-refractivity contribution < 1.29 is 9.53 Å². The van der Waals surface area contributed by atoms with Crippen LogP contribution in [-0.2, 0) is 4.79 Å². The second-order valence-corrected chi connectivity index (χ2v) is 8.19. The summed E-state index contributed by atoms with van der Waals surface area (Å²) in [6.07, 6.45) is 1.08. The first-order valence-corrected chi connectivity index (χ1v) is 10.3. The van der Waals surface area contributed by atoms with Gasteiger partial charge in [0.25, 0.3) is 5.91 Å². The summed E-state index contributed by atoms with van der Waals surface area (Å²) >= 11 is 0. The van der Waals surface area contributed by atoms with Crippen molar-refractivity contribution >= 4 is 5.91 Å². The molecule has 0 saturated heterocycles. The predicted octanol–water partition coefficient (Wildman–Crippen LogP) is 4.79. The number of rotatable bonds is 5. The van der Waals surface area contributed by atoms with Gasteiger partial charge in [-0.1, -0.05) is 60.7 Å². The Balaban J connectivity index is 1.29. The summed E-state index contributed by atoms with van der Waals surface area (Å²) in [4.78, 5) is 12.4. The van der Waals surface area contributed by atoms with Crippen LogP contribution in [0.3, 0.4) is 0 Å². The van der Waals surface area contributed by atoms with Crippen LogP contribution < -0.4 is 10.1 Å². The molecule has 3 aromatic rings. The minimum atomic E-state index is -0.0606. The molecular formula is C26H25NO2. The lowest BCUT2D eigenvalue weighted by Crippen LogP contribution is -2.40. The smallest absolute Gasteiger partial charge is 0.257 e. The molecule has 1 unspecified atom stereocenters. The van der Waals surface area contributed by atoms with Crippen LogP contribution in [0.15, 0.2) is 72.8 Å². The van der Waals surface area contributed by atoms with Crippen LogP contribution in [0.2, 0.25) is 0 Å². The summed E-state index contributed by atoms with van der Waals surface area (Å²) in [5.41, 5.74) is 6.90. The molecule has 6 rings (SSSR count). The van der Waals surface area contributed by atoms with Gasteiger partial charge in [-0.3, -0.25) is 4.79 Å². The second-order valence-electron chi connectivity index (χ2n) is 8.19. The third-order valence-corrected chi connectivity index (χ3v) is 6.34. The van der Waals surface area contributed by atoms with Gasteiger partial charge in [0, 0.05) is 18.4 Å². The minimum absolute atomic E-state index is 0.0530. The van der Waals surface area contributed by atoms with E-state index in [-0.39, 0.29) is 12.5 Å². The van der Waals surface area contributed by atoms with Crippen molar-refractivity contribution in [1.29, 1.82) is 0 Å². The van der Waals surface area contributed by atoms with E-state index < -0.39 is 0 Å². The number of carbonyl (C=O) groups excluding carboxylic acids is 1. The Kier molecular flexibility index (Phi) is 4.59. The van der Waals surface area contributed by atoms with Gasteiger partial charge in [0.05, 0.1) is 0 Å². The first-order chi connectivity index (χ1) is 14.2. The Bertz CT molecular complexity index is 1010. The number of fused-ring (bicyclic) bond motifs is 1. The van der Waals surface area contributed by atoms with Gasteiger partial charge in [-0.25, -0.2) is 0 Å². The maximum Gasteiger partial charge on any atom is 0.257 e. The molecule has 0 spiro atoms. The van der Waals surface area contributed by atoms with E-state index in [0.717, 1.165) is 17.7 Å². The lowest BCUT2D eigenvalue weighted by Gasteiger charge is -2.45. The van der Waals surface area contributed by atoms with Gasteiger partial charge in [-0.15, -0.1) is 0 Å². The molecule has 3 aliphatic carbocycles. The Morgan fingerprint density at radius 1 is 0.931 bits per heavy atom. The molecule has 3 aliphatic rings. The number of nitrogens with one attached hydrogen (secondary N) is 1. The normalized spacial score (nSPS) is 21.2. The summed E-state index contributed by atoms with van der Waals surface area (Å²) in [6, 6.07) is 25.4. The fraction of sp³-hybridized carbons (Fsp3) is 0.269. The van der Waals surface area contributed by atoms with Gasteiger partial charge in [-0.05, 0) is 59.2 Å². The van der Waals surface area contributed by atoms with E-state index in [1.165, 1.54) is 22.3 Å². The summed E-state index contributed by atoms with van der Waals surface area (Å²) in [5.74, 6) is 1.87. The maximum atomic E-state index is 12.4. The van der Waals surface area contributed by atoms with Crippen molar-refractivity contribution in [1.82, 2.24) is 5.32 Å². The highest BCUT2D eigenvalue weighted by atomic mass is 16.5. The van der Waals surface area contributed by atoms with E-state index in [1.807, 2.05) is 31.2 Å². The molecule has 29 heavy (non-hydrogen) atoms. The molecule has 1 atom stereocenters. The molecule has 0 saturated carbocycles. The molecular weight excluding hydrogens is 358 g/mol. The number of hydrogen-bond acceptors (Lipinski definition) is 2. The molecule has 3 nitrogen and oxygen atoms in total. The van der Waals surface area contributed by atoms with Gasteiger partial charge in [0.1, 0.15) is 5.75 Å². The SMILES string of the molecule is Cc1cccc(OCC(=O)NCC2CC3c4ccccc4C2c2ccccc23)c1. The zero-order chi connectivity index (χ0) is 19.8. The van der Waals surface area contributed by atoms with Crippen molar-refractivity contribution in [2.45, 2.75) is 25.2 Å². The minimum Gasteiger partial charge on any atom is -0.484 e. The number of hydrogen-bond donors (Lipinski definition) is 1. The van der Waals surface area contributed by atoms with Crippen molar-refractivity contribution in [2.24, 2.45) is 5.92 Å². The average Bonchev–Trinajstić information content (AvgIpc) is 2.76. The standard InChI is InChI=1S/C26H25NO2/c1-17-7-6-8-19(13-17)29-16-25(28)27-15-18-14-24-20-9-2-4-11-22(20)26(18)23-12-5-3-10-21(23)24/h2-13,18,24,26H,14-16H2,1H3,(H,27,28). The molecule has 1 amide bonds. The quantitative estimate of drug-likeness (QED) is 0.688. The first-order valence-electron chi connectivity index (χ1n) is 10.3. The summed E-state index contributed by atoms with van der Waals surface area (Å²) in [7, 11) is 0. The van der Waals surface area contributed by atoms with Crippen LogP contribution in [0.4, 0.5) is 0 Å². The number of amides is 1. The molecule has 0 radical (unpaired) electrons. The van der Waals surface area contributed by atoms with Gasteiger partial charge in [-0.2, -0.15) is 0 Å². The van der Waals surface area contributed by atoms with Gasteiger partial charge in [0.2, 0.25) is 0 Å². The van der Waals surface area contributed by atoms with E-state index in [9.17, 15) is 4.79 Å². The van der Waals surface area contributed by atoms with Crippen molar-refractivity contribution in [3.05, 3.63) is 101 Å². The highest BCUT2D eigenvalue weighted by Crippen LogP contribution is 2.55. The predicted molar refractivity (Wildman–Crippen MR) is 114 cm³/mol. The molecule has 0 aliphatic heterocycles. The number of aryl methyl sites for hydroxylation is 1. The molecule has 2 bridgehead atoms. The molecule has 3 aromatic carbocycles. The highest BCUT2D eigenvalue weighted by molar-refractivity contribution is 5.77. The molecule has 0 aromatic heterocycles. The Morgan fingerprint density at radius 3 is 2.24 bits per heavy atom. The summed E-state index contributed by atoms with van der Waals surface area (Å²) in [5, 5.41) is 3.12. The Hall–Kier alpha value is -3.07. The highest BCUT2D eigenvalue weighted by Gasteiger charge is 2.42. The average molecular weight is 383 g/mol. The summed E-state index contributed by atoms with van der Waals surface area (Å²) in [6.45, 7) is 2.75. The van der Waals surface area contributed by atoms with Crippen LogP contribution in [0.5, 0.6) is 5.75 Å². The van der Waals surface area contributed by atoms with E-state index in [4.69, 9.17) is 4.74 Å². The lowest BCUT2D eigenvalue weighted by molar-refractivity contribution is -0.123. The van der Waals surface area contributed by atoms with Crippen LogP contribution >= 0.6 is 0 Å². The Labute approximate surface area is 171 Å². The molecule has 0 heterocycles. The molecule has 0 fully saturated rings. The van der Waals surface area contributed by atoms with Crippen molar-refractivity contribution in [3.63, 3.8) is 0 Å². The number of carbonyl (C=O) groups is 1. The first kappa shape index (κ1) is 18.0. The van der Waals surface area contributed by atoms with Crippen molar-refractivity contribution in [3.8, 4) is 5.75 Å². The lowest BCUT2D eigenvalue weighted by atomic mass is 9.59. The number of benzene rings is 3. The molecule has 146 valence electrons. The Morgan fingerprint density at radius 2 is 1.59 bits per heavy atom. The van der Waals surface area contributed by atoms with Crippen LogP contribution in [0.25, 0.3) is 0 Å². The zero-order valence-corrected chi connectivity index (χ0v) is 16.6. The summed E-state index contributed by atoms with van der Waals surface area (Å²) < 4.78 is 5.65. The van der Waals surface area contributed by atoms with Crippen LogP contribution in [0, 0.1) is 12.8 Å². The van der Waals surface area contributed by atoms with Gasteiger partial charge < -0.3 is 10.1 Å². The largest absolute Gasteiger partial charge is 0.484 e. The van der Waals surface area contributed by atoms with Gasteiger partial charge in [0.15, 0.2) is 6.61 Å². The maximum absolute atomic E-state index is 12.4. The van der Waals surface area contributed by atoms with E-state index in [1.54, 1.807) is 0 Å². The van der Waals surface area contributed by atoms with Crippen molar-refractivity contribution in [2.75, 3.05) is 13.2 Å². The van der Waals surface area contributed by atoms with E-state index in [2.05, 4.69) is 53.8 Å². The third kappa shape index (κ3) is 3.31. The second kappa shape index (κ2) is 7.40. The fourth-order valence-corrected chi connectivity index (χ4v) is 5.11.